The monoisotopic (exact) mass is 594 g/mol. The Morgan fingerprint density at radius 1 is 0.884 bits per heavy atom. The lowest BCUT2D eigenvalue weighted by molar-refractivity contribution is -0.139. The van der Waals surface area contributed by atoms with E-state index in [0.29, 0.717) is 10.9 Å². The van der Waals surface area contributed by atoms with Gasteiger partial charge in [-0.3, -0.25) is 9.59 Å². The third kappa shape index (κ3) is 5.22. The van der Waals surface area contributed by atoms with Crippen molar-refractivity contribution in [2.24, 2.45) is 7.05 Å². The van der Waals surface area contributed by atoms with E-state index in [1.165, 1.54) is 68.6 Å². The molecule has 0 unspecified atom stereocenters. The Balaban J connectivity index is 1.64. The Bertz CT molecular complexity index is 2000. The molecule has 0 radical (unpaired) electrons. The van der Waals surface area contributed by atoms with Crippen molar-refractivity contribution in [1.82, 2.24) is 9.88 Å². The van der Waals surface area contributed by atoms with Crippen LogP contribution in [0.2, 0.25) is 0 Å². The maximum atomic E-state index is 14.6. The first-order chi connectivity index (χ1) is 20.3. The van der Waals surface area contributed by atoms with Crippen LogP contribution in [0.3, 0.4) is 0 Å². The van der Waals surface area contributed by atoms with Gasteiger partial charge in [-0.2, -0.15) is 13.2 Å². The van der Waals surface area contributed by atoms with Gasteiger partial charge in [0, 0.05) is 24.4 Å². The zero-order valence-corrected chi connectivity index (χ0v) is 22.7. The van der Waals surface area contributed by atoms with E-state index in [1.807, 2.05) is 0 Å². The number of aromatic nitrogens is 1. The lowest BCUT2D eigenvalue weighted by Gasteiger charge is -2.20. The molecule has 5 rings (SSSR count). The number of carboxylic acids is 1. The third-order valence-corrected chi connectivity index (χ3v) is 7.47. The first-order valence-electron chi connectivity index (χ1n) is 13.0. The van der Waals surface area contributed by atoms with Crippen molar-refractivity contribution in [3.63, 3.8) is 0 Å². The van der Waals surface area contributed by atoms with E-state index in [1.54, 1.807) is 6.07 Å². The van der Waals surface area contributed by atoms with E-state index < -0.39 is 58.0 Å². The average Bonchev–Trinajstić information content (AvgIpc) is 2.96. The molecular weight excluding hydrogens is 571 g/mol. The van der Waals surface area contributed by atoms with Crippen LogP contribution in [0.5, 0.6) is 0 Å². The minimum atomic E-state index is -4.88. The summed E-state index contributed by atoms with van der Waals surface area (Å²) in [7, 11) is 1.38. The quantitative estimate of drug-likeness (QED) is 0.223. The van der Waals surface area contributed by atoms with Gasteiger partial charge in [0.25, 0.3) is 11.5 Å². The van der Waals surface area contributed by atoms with Crippen LogP contribution in [0.15, 0.2) is 77.6 Å². The number of hydrogen-bond acceptors (Lipinski definition) is 3. The second kappa shape index (κ2) is 11.0. The Kier molecular flexibility index (Phi) is 7.51. The van der Waals surface area contributed by atoms with E-state index in [2.05, 4.69) is 5.32 Å². The van der Waals surface area contributed by atoms with Gasteiger partial charge >= 0.3 is 12.1 Å². The number of nitrogens with one attached hydrogen (secondary N) is 1. The molecule has 0 spiro atoms. The van der Waals surface area contributed by atoms with E-state index in [0.717, 1.165) is 16.7 Å². The maximum absolute atomic E-state index is 14.6. The van der Waals surface area contributed by atoms with Gasteiger partial charge in [-0.05, 0) is 47.0 Å². The van der Waals surface area contributed by atoms with Gasteiger partial charge in [-0.1, -0.05) is 54.6 Å². The van der Waals surface area contributed by atoms with Gasteiger partial charge in [-0.15, -0.1) is 0 Å². The first-order valence-corrected chi connectivity index (χ1v) is 13.0. The summed E-state index contributed by atoms with van der Waals surface area (Å²) in [6.07, 6.45) is -5.23. The third-order valence-electron chi connectivity index (χ3n) is 7.47. The number of alkyl halides is 3. The van der Waals surface area contributed by atoms with Gasteiger partial charge < -0.3 is 15.0 Å². The van der Waals surface area contributed by atoms with Crippen molar-refractivity contribution in [3.05, 3.63) is 117 Å². The van der Waals surface area contributed by atoms with Crippen LogP contribution in [0.1, 0.15) is 27.0 Å². The molecule has 0 bridgehead atoms. The number of para-hydroxylation sites is 1. The molecule has 0 saturated heterocycles. The number of carboxylic acid groups (broad SMARTS) is 1. The minimum absolute atomic E-state index is 0.00797. The molecule has 0 aliphatic rings. The Labute approximate surface area is 241 Å². The molecule has 1 atom stereocenters. The van der Waals surface area contributed by atoms with Crippen molar-refractivity contribution >= 4 is 33.6 Å². The summed E-state index contributed by atoms with van der Waals surface area (Å²) in [5.41, 5.74) is -3.03. The fraction of sp³-hybridized carbons (Fsp3) is 0.156. The molecule has 1 amide bonds. The standard InChI is InChI=1S/C32H23F5N2O4/c1-16-22(33)13-14-23(34)26(16)29(40)38-24(31(42)43)15-17-7-5-10-19-18(17)9-6-11-20(19)27-28(32(35,36)37)21-8-3-4-12-25(21)39(2)30(27)41/h3-14,24H,15H2,1-2H3,(H,38,40)(H,42,43)/t24-/m0/s1. The highest BCUT2D eigenvalue weighted by Gasteiger charge is 2.38. The summed E-state index contributed by atoms with van der Waals surface area (Å²) in [5, 5.41) is 12.5. The van der Waals surface area contributed by atoms with Crippen LogP contribution < -0.4 is 10.9 Å². The largest absolute Gasteiger partial charge is 0.480 e. The van der Waals surface area contributed by atoms with Crippen LogP contribution in [0.25, 0.3) is 32.8 Å². The molecule has 11 heteroatoms. The highest BCUT2D eigenvalue weighted by atomic mass is 19.4. The smallest absolute Gasteiger partial charge is 0.417 e. The summed E-state index contributed by atoms with van der Waals surface area (Å²) >= 11 is 0. The number of carbonyl (C=O) groups is 2. The van der Waals surface area contributed by atoms with E-state index >= 15 is 0 Å². The summed E-state index contributed by atoms with van der Waals surface area (Å²) in [5.74, 6) is -4.50. The number of aliphatic carboxylic acids is 1. The van der Waals surface area contributed by atoms with E-state index in [9.17, 15) is 41.4 Å². The molecule has 4 aromatic carbocycles. The van der Waals surface area contributed by atoms with Gasteiger partial charge in [-0.25, -0.2) is 13.6 Å². The number of benzene rings is 4. The molecule has 2 N–H and O–H groups in total. The number of nitrogens with zero attached hydrogens (tertiary/aromatic N) is 1. The highest BCUT2D eigenvalue weighted by Crippen LogP contribution is 2.42. The molecule has 1 heterocycles. The molecule has 0 aliphatic heterocycles. The molecule has 220 valence electrons. The second-order valence-corrected chi connectivity index (χ2v) is 10.0. The summed E-state index contributed by atoms with van der Waals surface area (Å²) in [6, 6.07) is 14.6. The number of amides is 1. The van der Waals surface area contributed by atoms with Crippen LogP contribution in [-0.4, -0.2) is 27.6 Å². The molecule has 6 nitrogen and oxygen atoms in total. The maximum Gasteiger partial charge on any atom is 0.417 e. The van der Waals surface area contributed by atoms with Gasteiger partial charge in [0.15, 0.2) is 0 Å². The number of aryl methyl sites for hydroxylation is 1. The van der Waals surface area contributed by atoms with Gasteiger partial charge in [0.1, 0.15) is 17.7 Å². The lowest BCUT2D eigenvalue weighted by atomic mass is 9.90. The summed E-state index contributed by atoms with van der Waals surface area (Å²) in [6.45, 7) is 1.18. The number of halogens is 5. The molecule has 0 saturated carbocycles. The van der Waals surface area contributed by atoms with Crippen molar-refractivity contribution in [2.75, 3.05) is 0 Å². The van der Waals surface area contributed by atoms with Crippen molar-refractivity contribution in [3.8, 4) is 11.1 Å². The minimum Gasteiger partial charge on any atom is -0.480 e. The SMILES string of the molecule is Cc1c(F)ccc(F)c1C(=O)N[C@@H](Cc1cccc2c(-c3c(C(F)(F)F)c4ccccc4n(C)c3=O)cccc12)C(=O)O. The zero-order valence-electron chi connectivity index (χ0n) is 22.7. The molecule has 0 aliphatic carbocycles. The average molecular weight is 595 g/mol. The number of carbonyl (C=O) groups excluding carboxylic acids is 1. The van der Waals surface area contributed by atoms with Gasteiger partial charge in [0.05, 0.1) is 22.2 Å². The molecule has 1 aromatic heterocycles. The van der Waals surface area contributed by atoms with Crippen molar-refractivity contribution in [2.45, 2.75) is 25.6 Å². The fourth-order valence-corrected chi connectivity index (χ4v) is 5.39. The number of rotatable bonds is 6. The Hall–Kier alpha value is -5.06. The zero-order chi connectivity index (χ0) is 31.2. The number of fused-ring (bicyclic) bond motifs is 2. The van der Waals surface area contributed by atoms with Gasteiger partial charge in [0.2, 0.25) is 0 Å². The molecule has 0 fully saturated rings. The normalized spacial score (nSPS) is 12.4. The molecular formula is C32H23F5N2O4. The van der Waals surface area contributed by atoms with Crippen molar-refractivity contribution < 1.29 is 36.6 Å². The topological polar surface area (TPSA) is 88.4 Å². The fourth-order valence-electron chi connectivity index (χ4n) is 5.39. The summed E-state index contributed by atoms with van der Waals surface area (Å²) in [4.78, 5) is 38.4. The van der Waals surface area contributed by atoms with Crippen LogP contribution in [0, 0.1) is 18.6 Å². The predicted octanol–water partition coefficient (Wildman–Crippen LogP) is 6.39. The highest BCUT2D eigenvalue weighted by molar-refractivity contribution is 6.02. The predicted molar refractivity (Wildman–Crippen MR) is 151 cm³/mol. The number of hydrogen-bond donors (Lipinski definition) is 2. The van der Waals surface area contributed by atoms with Crippen molar-refractivity contribution in [1.29, 1.82) is 0 Å². The van der Waals surface area contributed by atoms with Crippen LogP contribution in [0.4, 0.5) is 22.0 Å². The second-order valence-electron chi connectivity index (χ2n) is 10.0. The summed E-state index contributed by atoms with van der Waals surface area (Å²) < 4.78 is 73.2. The molecule has 5 aromatic rings. The Morgan fingerprint density at radius 2 is 1.51 bits per heavy atom. The molecule has 43 heavy (non-hydrogen) atoms. The van der Waals surface area contributed by atoms with Crippen LogP contribution >= 0.6 is 0 Å². The van der Waals surface area contributed by atoms with E-state index in [-0.39, 0.29) is 33.8 Å². The van der Waals surface area contributed by atoms with Crippen LogP contribution in [-0.2, 0) is 24.4 Å². The number of pyridine rings is 1. The Morgan fingerprint density at radius 3 is 2.21 bits per heavy atom. The lowest BCUT2D eigenvalue weighted by Crippen LogP contribution is -2.43. The first kappa shape index (κ1) is 29.4. The van der Waals surface area contributed by atoms with E-state index in [4.69, 9.17) is 0 Å².